The second kappa shape index (κ2) is 9.95. The van der Waals surface area contributed by atoms with E-state index >= 15 is 0 Å². The van der Waals surface area contributed by atoms with Crippen LogP contribution < -0.4 is 25.0 Å². The Morgan fingerprint density at radius 1 is 1.00 bits per heavy atom. The first kappa shape index (κ1) is 22.0. The number of nitrogens with one attached hydrogen (secondary N) is 1. The Morgan fingerprint density at radius 3 is 2.58 bits per heavy atom. The normalized spacial score (nSPS) is 10.7. The van der Waals surface area contributed by atoms with Gasteiger partial charge < -0.3 is 28.4 Å². The molecule has 4 rings (SSSR count). The molecule has 0 unspecified atom stereocenters. The van der Waals surface area contributed by atoms with Gasteiger partial charge in [-0.25, -0.2) is 0 Å². The summed E-state index contributed by atoms with van der Waals surface area (Å²) in [5.41, 5.74) is 1.01. The molecule has 0 aliphatic heterocycles. The van der Waals surface area contributed by atoms with Gasteiger partial charge in [0.25, 0.3) is 5.91 Å². The molecule has 0 saturated heterocycles. The highest BCUT2D eigenvalue weighted by Gasteiger charge is 2.20. The lowest BCUT2D eigenvalue weighted by atomic mass is 10.1. The maximum Gasteiger partial charge on any atom is 0.257 e. The van der Waals surface area contributed by atoms with Gasteiger partial charge in [-0.05, 0) is 48.4 Å². The first-order valence-corrected chi connectivity index (χ1v) is 10.3. The van der Waals surface area contributed by atoms with Crippen LogP contribution in [0.5, 0.6) is 17.2 Å². The minimum Gasteiger partial charge on any atom is -0.493 e. The van der Waals surface area contributed by atoms with Crippen LogP contribution in [0.2, 0.25) is 0 Å². The van der Waals surface area contributed by atoms with E-state index in [2.05, 4.69) is 5.32 Å². The molecule has 0 aliphatic carbocycles. The Bertz CT molecular complexity index is 1310. The van der Waals surface area contributed by atoms with Crippen molar-refractivity contribution in [3.05, 3.63) is 76.6 Å². The predicted octanol–water partition coefficient (Wildman–Crippen LogP) is 3.81. The second-order valence-electron chi connectivity index (χ2n) is 7.14. The molecule has 2 aromatic carbocycles. The molecule has 1 amide bonds. The van der Waals surface area contributed by atoms with Crippen LogP contribution in [-0.2, 0) is 11.2 Å². The summed E-state index contributed by atoms with van der Waals surface area (Å²) < 4.78 is 27.4. The van der Waals surface area contributed by atoms with Crippen molar-refractivity contribution in [1.82, 2.24) is 5.32 Å². The summed E-state index contributed by atoms with van der Waals surface area (Å²) >= 11 is 0. The Kier molecular flexibility index (Phi) is 6.64. The lowest BCUT2D eigenvalue weighted by Crippen LogP contribution is -2.31. The third-order valence-corrected chi connectivity index (χ3v) is 5.03. The predicted molar refractivity (Wildman–Crippen MR) is 122 cm³/mol. The number of carbonyl (C=O) groups excluding carboxylic acids is 1. The largest absolute Gasteiger partial charge is 0.493 e. The van der Waals surface area contributed by atoms with Gasteiger partial charge in [0.05, 0.1) is 25.9 Å². The fourth-order valence-corrected chi connectivity index (χ4v) is 3.40. The maximum atomic E-state index is 13.0. The number of hydrogen-bond acceptors (Lipinski definition) is 7. The molecule has 8 heteroatoms. The molecule has 2 heterocycles. The van der Waals surface area contributed by atoms with Gasteiger partial charge in [0, 0.05) is 6.54 Å². The summed E-state index contributed by atoms with van der Waals surface area (Å²) in [7, 11) is 3.15. The molecule has 0 atom stereocenters. The Labute approximate surface area is 189 Å². The van der Waals surface area contributed by atoms with E-state index in [1.807, 2.05) is 18.2 Å². The van der Waals surface area contributed by atoms with Crippen molar-refractivity contribution < 1.29 is 27.8 Å². The molecular formula is C25H23NO7. The van der Waals surface area contributed by atoms with Crippen molar-refractivity contribution >= 4 is 16.9 Å². The van der Waals surface area contributed by atoms with Crippen LogP contribution in [0.4, 0.5) is 0 Å². The van der Waals surface area contributed by atoms with Crippen molar-refractivity contribution in [2.24, 2.45) is 0 Å². The van der Waals surface area contributed by atoms with Gasteiger partial charge >= 0.3 is 0 Å². The molecule has 33 heavy (non-hydrogen) atoms. The van der Waals surface area contributed by atoms with Crippen molar-refractivity contribution in [3.63, 3.8) is 0 Å². The fraction of sp³-hybridized carbons (Fsp3) is 0.200. The number of carbonyl (C=O) groups is 1. The highest BCUT2D eigenvalue weighted by atomic mass is 16.5. The summed E-state index contributed by atoms with van der Waals surface area (Å²) in [6.45, 7) is 0.0395. The molecule has 4 aromatic rings. The third-order valence-electron chi connectivity index (χ3n) is 5.03. The van der Waals surface area contributed by atoms with E-state index in [0.717, 1.165) is 5.56 Å². The number of furan rings is 1. The van der Waals surface area contributed by atoms with Crippen LogP contribution in [0.3, 0.4) is 0 Å². The van der Waals surface area contributed by atoms with Gasteiger partial charge in [0.1, 0.15) is 5.58 Å². The molecule has 1 N–H and O–H groups in total. The summed E-state index contributed by atoms with van der Waals surface area (Å²) in [6, 6.07) is 15.7. The van der Waals surface area contributed by atoms with E-state index in [4.69, 9.17) is 23.0 Å². The first-order valence-electron chi connectivity index (χ1n) is 10.3. The summed E-state index contributed by atoms with van der Waals surface area (Å²) in [4.78, 5) is 25.4. The lowest BCUT2D eigenvalue weighted by Gasteiger charge is -2.11. The highest BCUT2D eigenvalue weighted by Crippen LogP contribution is 2.31. The smallest absolute Gasteiger partial charge is 0.257 e. The van der Waals surface area contributed by atoms with Crippen molar-refractivity contribution in [1.29, 1.82) is 0 Å². The monoisotopic (exact) mass is 449 g/mol. The van der Waals surface area contributed by atoms with E-state index in [1.165, 1.54) is 6.26 Å². The van der Waals surface area contributed by atoms with Crippen molar-refractivity contribution in [2.75, 3.05) is 27.4 Å². The number of hydrogen-bond donors (Lipinski definition) is 1. The Morgan fingerprint density at radius 2 is 1.82 bits per heavy atom. The van der Waals surface area contributed by atoms with Crippen molar-refractivity contribution in [3.8, 4) is 28.8 Å². The number of fused-ring (bicyclic) bond motifs is 1. The van der Waals surface area contributed by atoms with Gasteiger partial charge in [-0.3, -0.25) is 9.59 Å². The van der Waals surface area contributed by atoms with Crippen LogP contribution >= 0.6 is 0 Å². The minimum atomic E-state index is -0.374. The van der Waals surface area contributed by atoms with Gasteiger partial charge in [-0.1, -0.05) is 18.2 Å². The van der Waals surface area contributed by atoms with Gasteiger partial charge in [0.2, 0.25) is 16.9 Å². The Hall–Kier alpha value is -4.20. The molecule has 0 aliphatic rings. The molecule has 8 nitrogen and oxygen atoms in total. The number of para-hydroxylation sites is 1. The standard InChI is InChI=1S/C25H23NO7/c1-29-19-10-9-16(14-21(19)30-2)11-12-26-22(27)15-32-25-23(28)17-6-3-4-7-18(17)33-24(25)20-8-5-13-31-20/h3-10,13-14H,11-12,15H2,1-2H3,(H,26,27). The molecule has 0 radical (unpaired) electrons. The number of rotatable bonds is 9. The van der Waals surface area contributed by atoms with E-state index in [9.17, 15) is 9.59 Å². The summed E-state index contributed by atoms with van der Waals surface area (Å²) in [5, 5.41) is 3.14. The average Bonchev–Trinajstić information content (AvgIpc) is 3.38. The minimum absolute atomic E-state index is 0.0707. The van der Waals surface area contributed by atoms with Crippen LogP contribution in [0.15, 0.2) is 74.5 Å². The molecule has 0 fully saturated rings. The van der Waals surface area contributed by atoms with Gasteiger partial charge in [0.15, 0.2) is 23.9 Å². The zero-order valence-corrected chi connectivity index (χ0v) is 18.3. The zero-order valence-electron chi connectivity index (χ0n) is 18.3. The number of ether oxygens (including phenoxy) is 3. The third kappa shape index (κ3) is 4.85. The van der Waals surface area contributed by atoms with Gasteiger partial charge in [-0.2, -0.15) is 0 Å². The SMILES string of the molecule is COc1ccc(CCNC(=O)COc2c(-c3ccco3)oc3ccccc3c2=O)cc1OC. The van der Waals surface area contributed by atoms with E-state index in [0.29, 0.717) is 41.2 Å². The highest BCUT2D eigenvalue weighted by molar-refractivity contribution is 5.82. The lowest BCUT2D eigenvalue weighted by molar-refractivity contribution is -0.123. The molecular weight excluding hydrogens is 426 g/mol. The van der Waals surface area contributed by atoms with Gasteiger partial charge in [-0.15, -0.1) is 0 Å². The Balaban J connectivity index is 1.43. The van der Waals surface area contributed by atoms with Crippen LogP contribution in [0.25, 0.3) is 22.5 Å². The fourth-order valence-electron chi connectivity index (χ4n) is 3.40. The molecule has 0 spiro atoms. The second-order valence-corrected chi connectivity index (χ2v) is 7.14. The molecule has 170 valence electrons. The summed E-state index contributed by atoms with van der Waals surface area (Å²) in [5.74, 6) is 1.30. The summed E-state index contributed by atoms with van der Waals surface area (Å²) in [6.07, 6.45) is 2.05. The van der Waals surface area contributed by atoms with Crippen molar-refractivity contribution in [2.45, 2.75) is 6.42 Å². The zero-order chi connectivity index (χ0) is 23.2. The van der Waals surface area contributed by atoms with E-state index in [1.54, 1.807) is 50.6 Å². The number of methoxy groups -OCH3 is 2. The quantitative estimate of drug-likeness (QED) is 0.415. The average molecular weight is 449 g/mol. The topological polar surface area (TPSA) is 100 Å². The first-order chi connectivity index (χ1) is 16.1. The maximum absolute atomic E-state index is 13.0. The van der Waals surface area contributed by atoms with E-state index in [-0.39, 0.29) is 29.5 Å². The molecule has 0 saturated carbocycles. The van der Waals surface area contributed by atoms with Crippen LogP contribution in [0, 0.1) is 0 Å². The van der Waals surface area contributed by atoms with E-state index < -0.39 is 0 Å². The molecule has 0 bridgehead atoms. The number of benzene rings is 2. The van der Waals surface area contributed by atoms with Crippen LogP contribution in [-0.4, -0.2) is 33.3 Å². The number of amides is 1. The molecule has 2 aromatic heterocycles. The van der Waals surface area contributed by atoms with Crippen LogP contribution in [0.1, 0.15) is 5.56 Å².